The fraction of sp³-hybridized carbons (Fsp3) is 0.481. The van der Waals surface area contributed by atoms with E-state index >= 15 is 0 Å². The van der Waals surface area contributed by atoms with Gasteiger partial charge in [0.05, 0.1) is 23.6 Å². The Morgan fingerprint density at radius 2 is 1.77 bits per heavy atom. The lowest BCUT2D eigenvalue weighted by Gasteiger charge is -2.43. The number of hydrogen-bond donors (Lipinski definition) is 1. The molecule has 2 aromatic rings. The highest BCUT2D eigenvalue weighted by Gasteiger charge is 2.51. The van der Waals surface area contributed by atoms with Crippen molar-refractivity contribution in [2.75, 3.05) is 20.3 Å². The largest absolute Gasteiger partial charge is 0.383 e. The summed E-state index contributed by atoms with van der Waals surface area (Å²) in [4.78, 5) is 39.8. The van der Waals surface area contributed by atoms with E-state index in [0.29, 0.717) is 25.1 Å². The SMILES string of the molecule is COCCNC1(CC(C)C)C(=O)N(Cc2ccc(C(C)(C)C)cc2)C(=O)c2cc([N+](=O)[O-])ccc21. The highest BCUT2D eigenvalue weighted by atomic mass is 16.6. The van der Waals surface area contributed by atoms with Gasteiger partial charge in [0.25, 0.3) is 17.5 Å². The Kier molecular flexibility index (Phi) is 7.77. The zero-order chi connectivity index (χ0) is 26.0. The summed E-state index contributed by atoms with van der Waals surface area (Å²) >= 11 is 0. The van der Waals surface area contributed by atoms with Crippen molar-refractivity contribution in [2.45, 2.75) is 58.5 Å². The van der Waals surface area contributed by atoms with Crippen molar-refractivity contribution < 1.29 is 19.2 Å². The first kappa shape index (κ1) is 26.5. The third kappa shape index (κ3) is 5.44. The number of amides is 2. The van der Waals surface area contributed by atoms with E-state index in [1.807, 2.05) is 38.1 Å². The summed E-state index contributed by atoms with van der Waals surface area (Å²) in [5, 5.41) is 14.8. The van der Waals surface area contributed by atoms with E-state index in [0.717, 1.165) is 11.1 Å². The summed E-state index contributed by atoms with van der Waals surface area (Å²) in [5.74, 6) is -0.770. The number of hydrogen-bond acceptors (Lipinski definition) is 6. The van der Waals surface area contributed by atoms with Gasteiger partial charge in [-0.05, 0) is 40.5 Å². The van der Waals surface area contributed by atoms with Gasteiger partial charge in [0.1, 0.15) is 5.54 Å². The molecule has 0 radical (unpaired) electrons. The molecule has 1 atom stereocenters. The first-order chi connectivity index (χ1) is 16.4. The number of rotatable bonds is 9. The minimum atomic E-state index is -1.20. The lowest BCUT2D eigenvalue weighted by atomic mass is 9.75. The molecule has 0 bridgehead atoms. The van der Waals surface area contributed by atoms with E-state index in [2.05, 4.69) is 26.1 Å². The number of fused-ring (bicyclic) bond motifs is 1. The number of carbonyl (C=O) groups excluding carboxylic acids is 2. The smallest absolute Gasteiger partial charge is 0.270 e. The van der Waals surface area contributed by atoms with Crippen molar-refractivity contribution in [3.8, 4) is 0 Å². The summed E-state index contributed by atoms with van der Waals surface area (Å²) in [6.07, 6.45) is 0.424. The van der Waals surface area contributed by atoms with Crippen molar-refractivity contribution in [3.05, 3.63) is 74.8 Å². The van der Waals surface area contributed by atoms with E-state index in [1.54, 1.807) is 13.2 Å². The van der Waals surface area contributed by atoms with E-state index < -0.39 is 16.4 Å². The predicted molar refractivity (Wildman–Crippen MR) is 134 cm³/mol. The van der Waals surface area contributed by atoms with Gasteiger partial charge in [0.15, 0.2) is 0 Å². The molecule has 0 saturated heterocycles. The van der Waals surface area contributed by atoms with Crippen LogP contribution in [0.15, 0.2) is 42.5 Å². The molecular weight excluding hydrogens is 446 g/mol. The van der Waals surface area contributed by atoms with Crippen molar-refractivity contribution in [3.63, 3.8) is 0 Å². The van der Waals surface area contributed by atoms with Crippen LogP contribution in [0.4, 0.5) is 5.69 Å². The zero-order valence-electron chi connectivity index (χ0n) is 21.4. The molecule has 1 aliphatic heterocycles. The Morgan fingerprint density at radius 3 is 2.31 bits per heavy atom. The lowest BCUT2D eigenvalue weighted by molar-refractivity contribution is -0.384. The Morgan fingerprint density at radius 1 is 1.11 bits per heavy atom. The van der Waals surface area contributed by atoms with Gasteiger partial charge in [-0.15, -0.1) is 0 Å². The van der Waals surface area contributed by atoms with Gasteiger partial charge in [0, 0.05) is 25.8 Å². The second kappa shape index (κ2) is 10.3. The number of nitrogens with zero attached hydrogens (tertiary/aromatic N) is 2. The number of ether oxygens (including phenoxy) is 1. The quantitative estimate of drug-likeness (QED) is 0.244. The fourth-order valence-electron chi connectivity index (χ4n) is 4.63. The van der Waals surface area contributed by atoms with Crippen LogP contribution in [0, 0.1) is 16.0 Å². The molecule has 1 unspecified atom stereocenters. The number of nitro groups is 1. The van der Waals surface area contributed by atoms with Gasteiger partial charge >= 0.3 is 0 Å². The third-order valence-corrected chi connectivity index (χ3v) is 6.37. The van der Waals surface area contributed by atoms with Crippen LogP contribution in [0.2, 0.25) is 0 Å². The van der Waals surface area contributed by atoms with Crippen molar-refractivity contribution >= 4 is 17.5 Å². The van der Waals surface area contributed by atoms with Crippen LogP contribution in [0.3, 0.4) is 0 Å². The maximum absolute atomic E-state index is 14.1. The van der Waals surface area contributed by atoms with E-state index in [-0.39, 0.29) is 35.0 Å². The Balaban J connectivity index is 2.11. The second-order valence-electron chi connectivity index (χ2n) is 10.6. The third-order valence-electron chi connectivity index (χ3n) is 6.37. The van der Waals surface area contributed by atoms with E-state index in [4.69, 9.17) is 4.74 Å². The molecule has 1 N–H and O–H groups in total. The molecule has 1 heterocycles. The summed E-state index contributed by atoms with van der Waals surface area (Å²) < 4.78 is 5.20. The average molecular weight is 482 g/mol. The molecule has 0 aliphatic carbocycles. The first-order valence-electron chi connectivity index (χ1n) is 11.9. The molecule has 0 spiro atoms. The minimum absolute atomic E-state index is 0.0230. The molecule has 8 nitrogen and oxygen atoms in total. The van der Waals surface area contributed by atoms with Crippen molar-refractivity contribution in [1.29, 1.82) is 0 Å². The molecule has 0 saturated carbocycles. The second-order valence-corrected chi connectivity index (χ2v) is 10.6. The average Bonchev–Trinajstić information content (AvgIpc) is 2.79. The monoisotopic (exact) mass is 481 g/mol. The summed E-state index contributed by atoms with van der Waals surface area (Å²) in [5.41, 5.74) is 1.20. The molecule has 2 amide bonds. The zero-order valence-corrected chi connectivity index (χ0v) is 21.4. The number of carbonyl (C=O) groups is 2. The number of nitro benzene ring substituents is 1. The first-order valence-corrected chi connectivity index (χ1v) is 11.9. The van der Waals surface area contributed by atoms with Crippen LogP contribution in [0.1, 0.15) is 68.1 Å². The van der Waals surface area contributed by atoms with Gasteiger partial charge in [0.2, 0.25) is 0 Å². The summed E-state index contributed by atoms with van der Waals surface area (Å²) in [6.45, 7) is 11.2. The molecule has 8 heteroatoms. The van der Waals surface area contributed by atoms with Crippen LogP contribution in [0.25, 0.3) is 0 Å². The van der Waals surface area contributed by atoms with Gasteiger partial charge in [-0.2, -0.15) is 0 Å². The van der Waals surface area contributed by atoms with Crippen LogP contribution in [0.5, 0.6) is 0 Å². The maximum Gasteiger partial charge on any atom is 0.270 e. The molecule has 1 aliphatic rings. The highest BCUT2D eigenvalue weighted by Crippen LogP contribution is 2.40. The molecule has 3 rings (SSSR count). The molecule has 0 fully saturated rings. The highest BCUT2D eigenvalue weighted by molar-refractivity contribution is 6.13. The van der Waals surface area contributed by atoms with E-state index in [9.17, 15) is 19.7 Å². The maximum atomic E-state index is 14.1. The molecule has 35 heavy (non-hydrogen) atoms. The minimum Gasteiger partial charge on any atom is -0.383 e. The van der Waals surface area contributed by atoms with Crippen LogP contribution >= 0.6 is 0 Å². The predicted octanol–water partition coefficient (Wildman–Crippen LogP) is 4.55. The number of nitrogens with one attached hydrogen (secondary N) is 1. The Hall–Kier alpha value is -3.10. The van der Waals surface area contributed by atoms with Gasteiger partial charge < -0.3 is 4.74 Å². The number of benzene rings is 2. The van der Waals surface area contributed by atoms with Crippen molar-refractivity contribution in [2.24, 2.45) is 5.92 Å². The summed E-state index contributed by atoms with van der Waals surface area (Å²) in [7, 11) is 1.58. The topological polar surface area (TPSA) is 102 Å². The van der Waals surface area contributed by atoms with Crippen LogP contribution in [-0.4, -0.2) is 41.9 Å². The number of methoxy groups -OCH3 is 1. The molecule has 188 valence electrons. The van der Waals surface area contributed by atoms with E-state index in [1.165, 1.54) is 17.0 Å². The molecule has 2 aromatic carbocycles. The lowest BCUT2D eigenvalue weighted by Crippen LogP contribution is -2.61. The Labute approximate surface area is 206 Å². The van der Waals surface area contributed by atoms with Gasteiger partial charge in [-0.1, -0.05) is 58.9 Å². The van der Waals surface area contributed by atoms with Gasteiger partial charge in [-0.3, -0.25) is 29.9 Å². The molecular formula is C27H35N3O5. The number of imide groups is 1. The van der Waals surface area contributed by atoms with Gasteiger partial charge in [-0.25, -0.2) is 0 Å². The molecule has 0 aromatic heterocycles. The Bertz CT molecular complexity index is 1100. The van der Waals surface area contributed by atoms with Crippen molar-refractivity contribution in [1.82, 2.24) is 10.2 Å². The van der Waals surface area contributed by atoms with Crippen LogP contribution < -0.4 is 5.32 Å². The summed E-state index contributed by atoms with van der Waals surface area (Å²) in [6, 6.07) is 12.0. The number of non-ortho nitro benzene ring substituents is 1. The normalized spacial score (nSPS) is 18.2. The van der Waals surface area contributed by atoms with Crippen LogP contribution in [-0.2, 0) is 27.0 Å². The standard InChI is InChI=1S/C27H35N3O5/c1-18(2)16-27(28-13-14-35-6)23-12-11-21(30(33)34)15-22(23)24(31)29(25(27)32)17-19-7-9-20(10-8-19)26(3,4)5/h7-12,15,18,28H,13-14,16-17H2,1-6H3. The fourth-order valence-corrected chi connectivity index (χ4v) is 4.63.